The molecule has 1 aromatic carbocycles. The van der Waals surface area contributed by atoms with E-state index in [1.807, 2.05) is 12.1 Å². The van der Waals surface area contributed by atoms with Gasteiger partial charge in [0.05, 0.1) is 6.26 Å². The maximum absolute atomic E-state index is 12.5. The van der Waals surface area contributed by atoms with E-state index in [9.17, 15) is 14.4 Å². The van der Waals surface area contributed by atoms with Crippen LogP contribution in [0.2, 0.25) is 0 Å². The van der Waals surface area contributed by atoms with Crippen LogP contribution in [0.3, 0.4) is 0 Å². The minimum Gasteiger partial charge on any atom is -0.459 e. The first-order valence-corrected chi connectivity index (χ1v) is 9.61. The Bertz CT molecular complexity index is 854. The van der Waals surface area contributed by atoms with E-state index in [-0.39, 0.29) is 24.1 Å². The Hall–Kier alpha value is -2.89. The summed E-state index contributed by atoms with van der Waals surface area (Å²) in [6, 6.07) is 7.92. The van der Waals surface area contributed by atoms with E-state index in [0.717, 1.165) is 19.3 Å². The highest BCUT2D eigenvalue weighted by molar-refractivity contribution is 5.99. The van der Waals surface area contributed by atoms with Gasteiger partial charge in [-0.15, -0.1) is 0 Å². The summed E-state index contributed by atoms with van der Waals surface area (Å²) in [5.74, 6) is -1.47. The molecule has 1 heterocycles. The van der Waals surface area contributed by atoms with Crippen LogP contribution in [0.5, 0.6) is 0 Å². The minimum absolute atomic E-state index is 0.114. The molecule has 1 atom stereocenters. The number of benzene rings is 1. The third-order valence-corrected chi connectivity index (χ3v) is 4.97. The average Bonchev–Trinajstić information content (AvgIpc) is 3.24. The maximum atomic E-state index is 12.5. The molecule has 6 nitrogen and oxygen atoms in total. The Labute approximate surface area is 164 Å². The first-order chi connectivity index (χ1) is 13.5. The van der Waals surface area contributed by atoms with E-state index in [0.29, 0.717) is 5.56 Å². The second-order valence-electron chi connectivity index (χ2n) is 7.39. The van der Waals surface area contributed by atoms with Crippen LogP contribution in [0.15, 0.2) is 41.0 Å². The normalized spacial score (nSPS) is 14.2. The first kappa shape index (κ1) is 19.9. The van der Waals surface area contributed by atoms with Crippen LogP contribution in [0.25, 0.3) is 0 Å². The zero-order valence-corrected chi connectivity index (χ0v) is 16.2. The summed E-state index contributed by atoms with van der Waals surface area (Å²) >= 11 is 0. The van der Waals surface area contributed by atoms with Crippen molar-refractivity contribution in [3.05, 3.63) is 59.0 Å². The van der Waals surface area contributed by atoms with Crippen molar-refractivity contribution < 1.29 is 23.5 Å². The van der Waals surface area contributed by atoms with Crippen molar-refractivity contribution in [1.82, 2.24) is 5.32 Å². The minimum atomic E-state index is -0.867. The van der Waals surface area contributed by atoms with Gasteiger partial charge in [-0.2, -0.15) is 0 Å². The fourth-order valence-electron chi connectivity index (χ4n) is 3.33. The van der Waals surface area contributed by atoms with Crippen molar-refractivity contribution in [3.63, 3.8) is 0 Å². The van der Waals surface area contributed by atoms with E-state index in [1.165, 1.54) is 29.9 Å². The number of furan rings is 1. The number of carbonyl (C=O) groups excluding carboxylic acids is 3. The molecule has 0 radical (unpaired) electrons. The molecule has 0 fully saturated rings. The Morgan fingerprint density at radius 2 is 1.86 bits per heavy atom. The number of ether oxygens (including phenoxy) is 1. The third-order valence-electron chi connectivity index (χ3n) is 4.97. The third kappa shape index (κ3) is 4.68. The molecular weight excluding hydrogens is 358 g/mol. The summed E-state index contributed by atoms with van der Waals surface area (Å²) < 4.78 is 10.2. The molecule has 0 aliphatic heterocycles. The Morgan fingerprint density at radius 1 is 1.11 bits per heavy atom. The van der Waals surface area contributed by atoms with Gasteiger partial charge in [0.1, 0.15) is 6.04 Å². The molecule has 0 saturated heterocycles. The van der Waals surface area contributed by atoms with Crippen LogP contribution in [0.1, 0.15) is 58.7 Å². The van der Waals surface area contributed by atoms with Crippen LogP contribution >= 0.6 is 0 Å². The second kappa shape index (κ2) is 8.87. The van der Waals surface area contributed by atoms with Crippen LogP contribution in [0.4, 0.5) is 0 Å². The van der Waals surface area contributed by atoms with Crippen LogP contribution in [0, 0.1) is 5.92 Å². The van der Waals surface area contributed by atoms with Gasteiger partial charge in [0.15, 0.2) is 18.2 Å². The zero-order valence-electron chi connectivity index (χ0n) is 16.2. The fraction of sp³-hybridized carbons (Fsp3) is 0.409. The number of hydrogen-bond acceptors (Lipinski definition) is 5. The number of nitrogens with one attached hydrogen (secondary N) is 1. The van der Waals surface area contributed by atoms with Gasteiger partial charge >= 0.3 is 5.97 Å². The van der Waals surface area contributed by atoms with Crippen molar-refractivity contribution in [2.45, 2.75) is 45.6 Å². The number of Topliss-reactive ketones (excluding diaryl/α,β-unsaturated/α-hetero) is 1. The number of rotatable bonds is 7. The fourth-order valence-corrected chi connectivity index (χ4v) is 3.33. The van der Waals surface area contributed by atoms with Gasteiger partial charge in [-0.25, -0.2) is 4.79 Å². The first-order valence-electron chi connectivity index (χ1n) is 9.61. The number of hydrogen-bond donors (Lipinski definition) is 1. The van der Waals surface area contributed by atoms with Gasteiger partial charge in [0.25, 0.3) is 5.91 Å². The van der Waals surface area contributed by atoms with Crippen molar-refractivity contribution in [3.8, 4) is 0 Å². The lowest BCUT2D eigenvalue weighted by atomic mass is 9.90. The van der Waals surface area contributed by atoms with E-state index in [2.05, 4.69) is 5.32 Å². The number of carbonyl (C=O) groups is 3. The van der Waals surface area contributed by atoms with Crippen LogP contribution in [-0.2, 0) is 22.4 Å². The molecule has 2 aromatic rings. The summed E-state index contributed by atoms with van der Waals surface area (Å²) in [5, 5.41) is 2.60. The van der Waals surface area contributed by atoms with Crippen molar-refractivity contribution >= 4 is 17.7 Å². The highest BCUT2D eigenvalue weighted by atomic mass is 16.5. The quantitative estimate of drug-likeness (QED) is 0.585. The average molecular weight is 383 g/mol. The van der Waals surface area contributed by atoms with E-state index in [4.69, 9.17) is 9.15 Å². The molecule has 1 aliphatic carbocycles. The molecule has 1 amide bonds. The van der Waals surface area contributed by atoms with Gasteiger partial charge in [-0.1, -0.05) is 26.0 Å². The molecule has 0 bridgehead atoms. The van der Waals surface area contributed by atoms with E-state index < -0.39 is 17.9 Å². The van der Waals surface area contributed by atoms with Gasteiger partial charge in [0.2, 0.25) is 0 Å². The Morgan fingerprint density at radius 3 is 2.54 bits per heavy atom. The Kier molecular flexibility index (Phi) is 6.29. The Balaban J connectivity index is 1.59. The predicted molar refractivity (Wildman–Crippen MR) is 103 cm³/mol. The predicted octanol–water partition coefficient (Wildman–Crippen LogP) is 3.34. The molecule has 148 valence electrons. The highest BCUT2D eigenvalue weighted by Gasteiger charge is 2.27. The van der Waals surface area contributed by atoms with Crippen molar-refractivity contribution in [1.29, 1.82) is 0 Å². The largest absolute Gasteiger partial charge is 0.459 e. The second-order valence-corrected chi connectivity index (χ2v) is 7.39. The van der Waals surface area contributed by atoms with Crippen LogP contribution in [-0.4, -0.2) is 30.3 Å². The summed E-state index contributed by atoms with van der Waals surface area (Å²) in [4.78, 5) is 37.0. The smallest absolute Gasteiger partial charge is 0.329 e. The van der Waals surface area contributed by atoms with E-state index in [1.54, 1.807) is 26.0 Å². The topological polar surface area (TPSA) is 85.6 Å². The van der Waals surface area contributed by atoms with Crippen molar-refractivity contribution in [2.24, 2.45) is 5.92 Å². The monoisotopic (exact) mass is 383 g/mol. The summed E-state index contributed by atoms with van der Waals surface area (Å²) in [5.41, 5.74) is 3.05. The molecule has 6 heteroatoms. The van der Waals surface area contributed by atoms with Gasteiger partial charge in [0, 0.05) is 5.56 Å². The van der Waals surface area contributed by atoms with E-state index >= 15 is 0 Å². The summed E-state index contributed by atoms with van der Waals surface area (Å²) in [6.45, 7) is 3.23. The maximum Gasteiger partial charge on any atom is 0.329 e. The number of aryl methyl sites for hydroxylation is 2. The number of ketones is 1. The molecule has 28 heavy (non-hydrogen) atoms. The standard InChI is InChI=1S/C22H25NO5/c1-14(2)20(23-21(25)19-8-5-11-27-19)22(26)28-13-18(24)17-10-9-15-6-3-4-7-16(15)12-17/h5,8-12,14,20H,3-4,6-7,13H2,1-2H3,(H,23,25)/t20-/m1/s1. The van der Waals surface area contributed by atoms with Gasteiger partial charge in [-0.3, -0.25) is 9.59 Å². The molecule has 0 saturated carbocycles. The molecule has 0 unspecified atom stereocenters. The number of amides is 1. The molecule has 3 rings (SSSR count). The zero-order chi connectivity index (χ0) is 20.1. The van der Waals surface area contributed by atoms with Gasteiger partial charge < -0.3 is 14.5 Å². The summed E-state index contributed by atoms with van der Waals surface area (Å²) in [7, 11) is 0. The molecular formula is C22H25NO5. The summed E-state index contributed by atoms with van der Waals surface area (Å²) in [6.07, 6.45) is 5.72. The molecule has 1 aromatic heterocycles. The lowest BCUT2D eigenvalue weighted by Crippen LogP contribution is -2.45. The van der Waals surface area contributed by atoms with Gasteiger partial charge in [-0.05, 0) is 60.9 Å². The molecule has 1 N–H and O–H groups in total. The lowest BCUT2D eigenvalue weighted by molar-refractivity contribution is -0.145. The SMILES string of the molecule is CC(C)[C@@H](NC(=O)c1ccco1)C(=O)OCC(=O)c1ccc2c(c1)CCCC2. The molecule has 1 aliphatic rings. The number of fused-ring (bicyclic) bond motifs is 1. The van der Waals surface area contributed by atoms with Crippen molar-refractivity contribution in [2.75, 3.05) is 6.61 Å². The molecule has 0 spiro atoms. The number of esters is 1. The highest BCUT2D eigenvalue weighted by Crippen LogP contribution is 2.22. The van der Waals surface area contributed by atoms with Crippen LogP contribution < -0.4 is 5.32 Å². The lowest BCUT2D eigenvalue weighted by Gasteiger charge is -2.20.